The lowest BCUT2D eigenvalue weighted by molar-refractivity contribution is 0.0382. The fraction of sp³-hybridized carbons (Fsp3) is 0.500. The van der Waals surface area contributed by atoms with Gasteiger partial charge in [0.25, 0.3) is 0 Å². The zero-order chi connectivity index (χ0) is 17.8. The molecule has 1 aromatic heterocycles. The van der Waals surface area contributed by atoms with Gasteiger partial charge in [-0.1, -0.05) is 30.3 Å². The Morgan fingerprint density at radius 3 is 2.73 bits per heavy atom. The third kappa shape index (κ3) is 4.07. The maximum Gasteiger partial charge on any atom is 0.321 e. The van der Waals surface area contributed by atoms with Crippen LogP contribution in [0.1, 0.15) is 31.2 Å². The highest BCUT2D eigenvalue weighted by molar-refractivity contribution is 5.89. The number of rotatable bonds is 4. The van der Waals surface area contributed by atoms with Crippen LogP contribution in [0.4, 0.5) is 10.5 Å². The lowest BCUT2D eigenvalue weighted by Gasteiger charge is -2.34. The molecule has 0 bridgehead atoms. The highest BCUT2D eigenvalue weighted by Gasteiger charge is 2.30. The van der Waals surface area contributed by atoms with Crippen molar-refractivity contribution in [3.63, 3.8) is 0 Å². The second kappa shape index (κ2) is 7.91. The van der Waals surface area contributed by atoms with Gasteiger partial charge in [-0.2, -0.15) is 5.10 Å². The number of likely N-dealkylation sites (tertiary alicyclic amines) is 1. The number of hydrogen-bond acceptors (Lipinski definition) is 3. The van der Waals surface area contributed by atoms with Gasteiger partial charge in [0.15, 0.2) is 0 Å². The molecule has 6 heteroatoms. The summed E-state index contributed by atoms with van der Waals surface area (Å²) in [5, 5.41) is 7.32. The van der Waals surface area contributed by atoms with E-state index in [-0.39, 0.29) is 6.03 Å². The minimum Gasteiger partial charge on any atom is -0.378 e. The number of urea groups is 1. The largest absolute Gasteiger partial charge is 0.378 e. The summed E-state index contributed by atoms with van der Waals surface area (Å²) in [6.07, 6.45) is 8.42. The van der Waals surface area contributed by atoms with Gasteiger partial charge in [0.2, 0.25) is 0 Å². The molecule has 138 valence electrons. The van der Waals surface area contributed by atoms with E-state index in [2.05, 4.69) is 22.5 Å². The summed E-state index contributed by atoms with van der Waals surface area (Å²) in [5.41, 5.74) is 1.93. The Hall–Kier alpha value is -2.34. The Labute approximate surface area is 154 Å². The Bertz CT molecular complexity index is 716. The fourth-order valence-corrected chi connectivity index (χ4v) is 3.94. The SMILES string of the molecule is O=C(Nc1cnn(Cc2ccccc2)c1)N1CCC([C@@H]2CCCO2)CC1. The van der Waals surface area contributed by atoms with Crippen LogP contribution in [0.15, 0.2) is 42.7 Å². The van der Waals surface area contributed by atoms with Gasteiger partial charge in [-0.05, 0) is 37.2 Å². The van der Waals surface area contributed by atoms with E-state index in [1.165, 1.54) is 18.4 Å². The summed E-state index contributed by atoms with van der Waals surface area (Å²) in [4.78, 5) is 14.4. The van der Waals surface area contributed by atoms with E-state index in [1.54, 1.807) is 6.20 Å². The van der Waals surface area contributed by atoms with Crippen molar-refractivity contribution in [2.45, 2.75) is 38.3 Å². The van der Waals surface area contributed by atoms with Gasteiger partial charge < -0.3 is 15.0 Å². The topological polar surface area (TPSA) is 59.4 Å². The molecule has 2 saturated heterocycles. The molecule has 2 fully saturated rings. The summed E-state index contributed by atoms with van der Waals surface area (Å²) in [6, 6.07) is 10.1. The van der Waals surface area contributed by atoms with Crippen LogP contribution in [0.25, 0.3) is 0 Å². The lowest BCUT2D eigenvalue weighted by Crippen LogP contribution is -2.43. The predicted molar refractivity (Wildman–Crippen MR) is 100 cm³/mol. The van der Waals surface area contributed by atoms with Gasteiger partial charge in [0, 0.05) is 25.9 Å². The number of aromatic nitrogens is 2. The van der Waals surface area contributed by atoms with Gasteiger partial charge in [-0.25, -0.2) is 4.79 Å². The maximum absolute atomic E-state index is 12.5. The molecule has 1 atom stereocenters. The molecule has 0 aliphatic carbocycles. The number of ether oxygens (including phenoxy) is 1. The summed E-state index contributed by atoms with van der Waals surface area (Å²) >= 11 is 0. The molecule has 1 aromatic carbocycles. The molecule has 2 aliphatic heterocycles. The average molecular weight is 354 g/mol. The summed E-state index contributed by atoms with van der Waals surface area (Å²) in [7, 11) is 0. The number of amides is 2. The molecule has 2 aromatic rings. The molecule has 3 heterocycles. The van der Waals surface area contributed by atoms with Crippen molar-refractivity contribution in [2.24, 2.45) is 5.92 Å². The third-order valence-corrected chi connectivity index (χ3v) is 5.39. The molecule has 1 N–H and O–H groups in total. The Balaban J connectivity index is 1.27. The molecule has 0 spiro atoms. The quantitative estimate of drug-likeness (QED) is 0.916. The summed E-state index contributed by atoms with van der Waals surface area (Å²) in [5.74, 6) is 0.607. The normalized spacial score (nSPS) is 21.1. The number of carbonyl (C=O) groups excluding carboxylic acids is 1. The zero-order valence-corrected chi connectivity index (χ0v) is 15.0. The van der Waals surface area contributed by atoms with Gasteiger partial charge >= 0.3 is 6.03 Å². The number of anilines is 1. The Kier molecular flexibility index (Phi) is 5.20. The molecule has 4 rings (SSSR count). The average Bonchev–Trinajstić information content (AvgIpc) is 3.35. The standard InChI is InChI=1S/C20H26N4O2/c25-20(23-10-8-17(9-11-23)19-7-4-12-26-19)22-18-13-21-24(15-18)14-16-5-2-1-3-6-16/h1-3,5-6,13,15,17,19H,4,7-12,14H2,(H,22,25)/t19-/m0/s1. The van der Waals surface area contributed by atoms with Crippen molar-refractivity contribution in [2.75, 3.05) is 25.0 Å². The molecular formula is C20H26N4O2. The molecule has 6 nitrogen and oxygen atoms in total. The van der Waals surface area contributed by atoms with Gasteiger partial charge in [-0.15, -0.1) is 0 Å². The van der Waals surface area contributed by atoms with E-state index in [4.69, 9.17) is 4.74 Å². The molecule has 0 radical (unpaired) electrons. The third-order valence-electron chi connectivity index (χ3n) is 5.39. The minimum absolute atomic E-state index is 0.0324. The first kappa shape index (κ1) is 17.1. The van der Waals surface area contributed by atoms with Crippen LogP contribution >= 0.6 is 0 Å². The smallest absolute Gasteiger partial charge is 0.321 e. The molecular weight excluding hydrogens is 328 g/mol. The van der Waals surface area contributed by atoms with Crippen LogP contribution in [0, 0.1) is 5.92 Å². The van der Waals surface area contributed by atoms with Crippen LogP contribution in [-0.2, 0) is 11.3 Å². The molecule has 0 saturated carbocycles. The van der Waals surface area contributed by atoms with Crippen LogP contribution < -0.4 is 5.32 Å². The van der Waals surface area contributed by atoms with Crippen molar-refractivity contribution in [3.8, 4) is 0 Å². The predicted octanol–water partition coefficient (Wildman–Crippen LogP) is 3.35. The number of piperidine rings is 1. The first-order valence-electron chi connectivity index (χ1n) is 9.52. The van der Waals surface area contributed by atoms with Crippen molar-refractivity contribution in [3.05, 3.63) is 48.3 Å². The summed E-state index contributed by atoms with van der Waals surface area (Å²) < 4.78 is 7.65. The van der Waals surface area contributed by atoms with Crippen molar-refractivity contribution >= 4 is 11.7 Å². The second-order valence-electron chi connectivity index (χ2n) is 7.22. The van der Waals surface area contributed by atoms with Crippen LogP contribution in [0.2, 0.25) is 0 Å². The first-order chi connectivity index (χ1) is 12.8. The van der Waals surface area contributed by atoms with Gasteiger partial charge in [-0.3, -0.25) is 4.68 Å². The van der Waals surface area contributed by atoms with Crippen LogP contribution in [0.3, 0.4) is 0 Å². The Morgan fingerprint density at radius 1 is 1.19 bits per heavy atom. The van der Waals surface area contributed by atoms with Crippen LogP contribution in [-0.4, -0.2) is 46.5 Å². The number of carbonyl (C=O) groups is 1. The van der Waals surface area contributed by atoms with Crippen LogP contribution in [0.5, 0.6) is 0 Å². The number of benzene rings is 1. The van der Waals surface area contributed by atoms with E-state index in [0.29, 0.717) is 18.6 Å². The van der Waals surface area contributed by atoms with E-state index in [0.717, 1.165) is 38.2 Å². The minimum atomic E-state index is -0.0324. The molecule has 2 aliphatic rings. The van der Waals surface area contributed by atoms with Gasteiger partial charge in [0.05, 0.1) is 24.5 Å². The highest BCUT2D eigenvalue weighted by atomic mass is 16.5. The number of nitrogens with zero attached hydrogens (tertiary/aromatic N) is 3. The lowest BCUT2D eigenvalue weighted by atomic mass is 9.90. The molecule has 0 unspecified atom stereocenters. The Morgan fingerprint density at radius 2 is 2.00 bits per heavy atom. The van der Waals surface area contributed by atoms with E-state index < -0.39 is 0 Å². The second-order valence-corrected chi connectivity index (χ2v) is 7.22. The van der Waals surface area contributed by atoms with Gasteiger partial charge in [0.1, 0.15) is 0 Å². The van der Waals surface area contributed by atoms with Crippen molar-refractivity contribution < 1.29 is 9.53 Å². The number of hydrogen-bond donors (Lipinski definition) is 1. The van der Waals surface area contributed by atoms with E-state index in [9.17, 15) is 4.79 Å². The van der Waals surface area contributed by atoms with Crippen molar-refractivity contribution in [1.82, 2.24) is 14.7 Å². The van der Waals surface area contributed by atoms with E-state index >= 15 is 0 Å². The zero-order valence-electron chi connectivity index (χ0n) is 15.0. The van der Waals surface area contributed by atoms with Crippen molar-refractivity contribution in [1.29, 1.82) is 0 Å². The monoisotopic (exact) mass is 354 g/mol. The fourth-order valence-electron chi connectivity index (χ4n) is 3.94. The first-order valence-corrected chi connectivity index (χ1v) is 9.52. The number of nitrogens with one attached hydrogen (secondary N) is 1. The van der Waals surface area contributed by atoms with E-state index in [1.807, 2.05) is 34.0 Å². The maximum atomic E-state index is 12.5. The summed E-state index contributed by atoms with van der Waals surface area (Å²) in [6.45, 7) is 3.20. The highest BCUT2D eigenvalue weighted by Crippen LogP contribution is 2.29. The molecule has 26 heavy (non-hydrogen) atoms. The molecule has 2 amide bonds.